The summed E-state index contributed by atoms with van der Waals surface area (Å²) in [4.78, 5) is 20.3. The van der Waals surface area contributed by atoms with Crippen LogP contribution in [0, 0.1) is 6.61 Å². The third-order valence-electron chi connectivity index (χ3n) is 1.59. The van der Waals surface area contributed by atoms with Gasteiger partial charge in [0.1, 0.15) is 0 Å². The van der Waals surface area contributed by atoms with Gasteiger partial charge < -0.3 is 4.74 Å². The Kier molecular flexibility index (Phi) is 5.43. The van der Waals surface area contributed by atoms with Crippen molar-refractivity contribution >= 4 is 5.97 Å². The van der Waals surface area contributed by atoms with Crippen molar-refractivity contribution in [1.29, 1.82) is 0 Å². The number of benzene rings is 1. The first-order chi connectivity index (χ1) is 7.34. The topological polar surface area (TPSA) is 44.8 Å². The third-order valence-corrected chi connectivity index (χ3v) is 1.59. The van der Waals surface area contributed by atoms with Crippen molar-refractivity contribution in [3.8, 4) is 0 Å². The lowest BCUT2D eigenvalue weighted by atomic mass is 10.2. The zero-order chi connectivity index (χ0) is 10.9. The predicted octanol–water partition coefficient (Wildman–Crippen LogP) is 1.97. The van der Waals surface area contributed by atoms with Gasteiger partial charge in [-0.2, -0.15) is 4.89 Å². The fraction of sp³-hybridized carbons (Fsp3) is 0.273. The lowest BCUT2D eigenvalue weighted by Gasteiger charge is -2.02. The van der Waals surface area contributed by atoms with Crippen molar-refractivity contribution in [1.82, 2.24) is 0 Å². The van der Waals surface area contributed by atoms with E-state index >= 15 is 0 Å². The highest BCUT2D eigenvalue weighted by Gasteiger charge is 2.06. The molecule has 0 spiro atoms. The molecule has 1 aromatic rings. The second kappa shape index (κ2) is 6.98. The van der Waals surface area contributed by atoms with E-state index in [1.165, 1.54) is 6.61 Å². The molecule has 15 heavy (non-hydrogen) atoms. The summed E-state index contributed by atoms with van der Waals surface area (Å²) >= 11 is 0. The Morgan fingerprint density at radius 1 is 1.33 bits per heavy atom. The summed E-state index contributed by atoms with van der Waals surface area (Å²) in [6, 6.07) is 8.61. The van der Waals surface area contributed by atoms with E-state index in [1.807, 2.05) is 13.0 Å². The predicted molar refractivity (Wildman–Crippen MR) is 53.7 cm³/mol. The van der Waals surface area contributed by atoms with Gasteiger partial charge in [0.05, 0.1) is 12.2 Å². The van der Waals surface area contributed by atoms with E-state index in [9.17, 15) is 4.79 Å². The highest BCUT2D eigenvalue weighted by Crippen LogP contribution is 2.01. The molecule has 4 nitrogen and oxygen atoms in total. The molecule has 1 rings (SSSR count). The molecule has 0 amide bonds. The lowest BCUT2D eigenvalue weighted by Crippen LogP contribution is -2.06. The highest BCUT2D eigenvalue weighted by atomic mass is 17.2. The number of hydrogen-bond donors (Lipinski definition) is 0. The van der Waals surface area contributed by atoms with Crippen molar-refractivity contribution in [2.45, 2.75) is 6.92 Å². The van der Waals surface area contributed by atoms with Gasteiger partial charge in [0.25, 0.3) is 0 Å². The Morgan fingerprint density at radius 2 is 2.07 bits per heavy atom. The van der Waals surface area contributed by atoms with E-state index < -0.39 is 5.97 Å². The van der Waals surface area contributed by atoms with Crippen LogP contribution in [0.3, 0.4) is 0 Å². The van der Waals surface area contributed by atoms with Gasteiger partial charge in [-0.25, -0.2) is 4.79 Å². The van der Waals surface area contributed by atoms with Crippen LogP contribution < -0.4 is 0 Å². The van der Waals surface area contributed by atoms with Crippen molar-refractivity contribution in [2.75, 3.05) is 13.2 Å². The number of carbonyl (C=O) groups excluding carboxylic acids is 1. The molecule has 0 unspecified atom stereocenters. The zero-order valence-electron chi connectivity index (χ0n) is 8.51. The number of rotatable bonds is 6. The Bertz CT molecular complexity index is 284. The van der Waals surface area contributed by atoms with E-state index in [0.29, 0.717) is 18.8 Å². The van der Waals surface area contributed by atoms with Crippen molar-refractivity contribution in [3.63, 3.8) is 0 Å². The third kappa shape index (κ3) is 4.58. The number of ether oxygens (including phenoxy) is 1. The van der Waals surface area contributed by atoms with Crippen LogP contribution in [0.5, 0.6) is 0 Å². The molecule has 0 saturated heterocycles. The highest BCUT2D eigenvalue weighted by molar-refractivity contribution is 5.88. The van der Waals surface area contributed by atoms with Crippen LogP contribution in [0.15, 0.2) is 30.3 Å². The molecule has 0 bridgehead atoms. The van der Waals surface area contributed by atoms with Crippen molar-refractivity contribution in [3.05, 3.63) is 42.5 Å². The molecule has 1 radical (unpaired) electrons. The average molecular weight is 209 g/mol. The van der Waals surface area contributed by atoms with Gasteiger partial charge in [-0.1, -0.05) is 18.2 Å². The maximum absolute atomic E-state index is 11.3. The number of carbonyl (C=O) groups is 1. The molecular formula is C11H13O4. The molecule has 0 aromatic heterocycles. The van der Waals surface area contributed by atoms with Crippen LogP contribution in [-0.4, -0.2) is 19.2 Å². The fourth-order valence-electron chi connectivity index (χ4n) is 0.894. The van der Waals surface area contributed by atoms with Crippen LogP contribution in [0.2, 0.25) is 0 Å². The van der Waals surface area contributed by atoms with Crippen LogP contribution in [0.1, 0.15) is 17.3 Å². The standard InChI is InChI=1S/C11H13O4/c1-2-13-8-9-14-15-11(12)10-6-4-3-5-7-10/h3-7,9H,2,8H2,1H3. The van der Waals surface area contributed by atoms with Crippen molar-refractivity contribution < 1.29 is 19.3 Å². The Balaban J connectivity index is 2.20. The van der Waals surface area contributed by atoms with E-state index in [1.54, 1.807) is 24.3 Å². The molecule has 81 valence electrons. The van der Waals surface area contributed by atoms with Crippen LogP contribution in [0.4, 0.5) is 0 Å². The first kappa shape index (κ1) is 11.7. The summed E-state index contributed by atoms with van der Waals surface area (Å²) in [6.45, 7) is 4.03. The minimum atomic E-state index is -0.525. The molecule has 1 aromatic carbocycles. The minimum absolute atomic E-state index is 0.290. The average Bonchev–Trinajstić information content (AvgIpc) is 2.30. The van der Waals surface area contributed by atoms with Gasteiger partial charge >= 0.3 is 5.97 Å². The molecular weight excluding hydrogens is 196 g/mol. The van der Waals surface area contributed by atoms with E-state index in [-0.39, 0.29) is 0 Å². The Hall–Kier alpha value is -1.39. The van der Waals surface area contributed by atoms with E-state index in [4.69, 9.17) is 4.74 Å². The monoisotopic (exact) mass is 209 g/mol. The molecule has 0 N–H and O–H groups in total. The lowest BCUT2D eigenvalue weighted by molar-refractivity contribution is -0.218. The molecule has 0 fully saturated rings. The molecule has 0 aliphatic heterocycles. The summed E-state index contributed by atoms with van der Waals surface area (Å²) < 4.78 is 4.95. The van der Waals surface area contributed by atoms with Crippen LogP contribution in [-0.2, 0) is 14.5 Å². The minimum Gasteiger partial charge on any atom is -0.379 e. The summed E-state index contributed by atoms with van der Waals surface area (Å²) in [6.07, 6.45) is 0. The van der Waals surface area contributed by atoms with Gasteiger partial charge in [-0.05, 0) is 19.1 Å². The van der Waals surface area contributed by atoms with Crippen molar-refractivity contribution in [2.24, 2.45) is 0 Å². The number of hydrogen-bond acceptors (Lipinski definition) is 4. The van der Waals surface area contributed by atoms with Gasteiger partial charge in [-0.15, -0.1) is 0 Å². The van der Waals surface area contributed by atoms with Gasteiger partial charge in [0.2, 0.25) is 0 Å². The first-order valence-electron chi connectivity index (χ1n) is 4.66. The summed E-state index contributed by atoms with van der Waals surface area (Å²) in [5.41, 5.74) is 0.447. The zero-order valence-corrected chi connectivity index (χ0v) is 8.51. The molecule has 0 saturated carbocycles. The van der Waals surface area contributed by atoms with Gasteiger partial charge in [0, 0.05) is 6.61 Å². The van der Waals surface area contributed by atoms with Gasteiger partial charge in [0.15, 0.2) is 6.61 Å². The SMILES string of the molecule is CCOC[CH]OOC(=O)c1ccccc1. The molecule has 0 heterocycles. The maximum atomic E-state index is 11.3. The first-order valence-corrected chi connectivity index (χ1v) is 4.66. The molecule has 0 aliphatic rings. The normalized spacial score (nSPS) is 9.93. The molecule has 0 atom stereocenters. The van der Waals surface area contributed by atoms with Gasteiger partial charge in [-0.3, -0.25) is 4.89 Å². The maximum Gasteiger partial charge on any atom is 0.373 e. The fourth-order valence-corrected chi connectivity index (χ4v) is 0.894. The smallest absolute Gasteiger partial charge is 0.373 e. The summed E-state index contributed by atoms with van der Waals surface area (Å²) in [5.74, 6) is -0.525. The summed E-state index contributed by atoms with van der Waals surface area (Å²) in [7, 11) is 0. The van der Waals surface area contributed by atoms with E-state index in [2.05, 4.69) is 9.78 Å². The Morgan fingerprint density at radius 3 is 2.73 bits per heavy atom. The summed E-state index contributed by atoms with van der Waals surface area (Å²) in [5, 5.41) is 0. The Labute approximate surface area is 88.7 Å². The van der Waals surface area contributed by atoms with Crippen LogP contribution >= 0.6 is 0 Å². The molecule has 4 heteroatoms. The quantitative estimate of drug-likeness (QED) is 0.408. The largest absolute Gasteiger partial charge is 0.379 e. The molecule has 0 aliphatic carbocycles. The second-order valence-electron chi connectivity index (χ2n) is 2.66. The van der Waals surface area contributed by atoms with E-state index in [0.717, 1.165) is 0 Å². The van der Waals surface area contributed by atoms with Crippen LogP contribution in [0.25, 0.3) is 0 Å². The second-order valence-corrected chi connectivity index (χ2v) is 2.66.